The maximum Gasteiger partial charge on any atom is 0.126 e. The summed E-state index contributed by atoms with van der Waals surface area (Å²) in [5.41, 5.74) is 3.87. The van der Waals surface area contributed by atoms with Gasteiger partial charge in [-0.2, -0.15) is 0 Å². The number of rotatable bonds is 2. The normalized spacial score (nSPS) is 22.2. The summed E-state index contributed by atoms with van der Waals surface area (Å²) in [7, 11) is 0. The minimum Gasteiger partial charge on any atom is -0.247 e. The second kappa shape index (κ2) is 5.97. The molecule has 1 fully saturated rings. The smallest absolute Gasteiger partial charge is 0.126 e. The molecule has 0 spiro atoms. The summed E-state index contributed by atoms with van der Waals surface area (Å²) in [4.78, 5) is 0. The third-order valence-corrected chi connectivity index (χ3v) is 4.54. The maximum absolute atomic E-state index is 13.6. The van der Waals surface area contributed by atoms with Crippen molar-refractivity contribution in [2.75, 3.05) is 0 Å². The van der Waals surface area contributed by atoms with Crippen LogP contribution in [-0.4, -0.2) is 6.17 Å². The van der Waals surface area contributed by atoms with Crippen LogP contribution in [0.2, 0.25) is 0 Å². The molecule has 2 heteroatoms. The fraction of sp³-hybridized carbons (Fsp3) is 0.368. The molecule has 2 aromatic rings. The first-order valence-corrected chi connectivity index (χ1v) is 7.64. The molecule has 1 saturated carbocycles. The molecule has 0 saturated heterocycles. The van der Waals surface area contributed by atoms with Crippen molar-refractivity contribution in [3.63, 3.8) is 0 Å². The van der Waals surface area contributed by atoms with E-state index in [1.165, 1.54) is 5.56 Å². The Labute approximate surface area is 124 Å². The Balaban J connectivity index is 1.79. The molecule has 0 aliphatic heterocycles. The van der Waals surface area contributed by atoms with Crippen LogP contribution in [0.1, 0.15) is 42.7 Å². The Kier molecular flexibility index (Phi) is 4.05. The highest BCUT2D eigenvalue weighted by Gasteiger charge is 2.21. The fourth-order valence-electron chi connectivity index (χ4n) is 3.11. The lowest BCUT2D eigenvalue weighted by molar-refractivity contribution is 0.235. The van der Waals surface area contributed by atoms with Crippen LogP contribution in [0.25, 0.3) is 11.1 Å². The highest BCUT2D eigenvalue weighted by molar-refractivity contribution is 5.64. The summed E-state index contributed by atoms with van der Waals surface area (Å²) >= 11 is 0. The van der Waals surface area contributed by atoms with Crippen LogP contribution in [0.5, 0.6) is 0 Å². The van der Waals surface area contributed by atoms with Gasteiger partial charge in [0.2, 0.25) is 0 Å². The van der Waals surface area contributed by atoms with Crippen molar-refractivity contribution in [2.24, 2.45) is 0 Å². The van der Waals surface area contributed by atoms with Crippen LogP contribution < -0.4 is 0 Å². The summed E-state index contributed by atoms with van der Waals surface area (Å²) in [5.74, 6) is 0.304. The fourth-order valence-corrected chi connectivity index (χ4v) is 3.11. The summed E-state index contributed by atoms with van der Waals surface area (Å²) in [6.07, 6.45) is 2.60. The molecule has 0 bridgehead atoms. The molecule has 3 rings (SSSR count). The monoisotopic (exact) mass is 286 g/mol. The lowest BCUT2D eigenvalue weighted by Crippen LogP contribution is -2.13. The summed E-state index contributed by atoms with van der Waals surface area (Å²) < 4.78 is 26.8. The number of alkyl halides is 1. The van der Waals surface area contributed by atoms with Crippen molar-refractivity contribution >= 4 is 0 Å². The van der Waals surface area contributed by atoms with Gasteiger partial charge < -0.3 is 0 Å². The third-order valence-electron chi connectivity index (χ3n) is 4.54. The van der Waals surface area contributed by atoms with E-state index in [0.29, 0.717) is 24.3 Å². The highest BCUT2D eigenvalue weighted by atomic mass is 19.1. The molecule has 1 aliphatic carbocycles. The first-order valence-electron chi connectivity index (χ1n) is 7.64. The van der Waals surface area contributed by atoms with Gasteiger partial charge in [0, 0.05) is 0 Å². The number of halogens is 2. The Morgan fingerprint density at radius 1 is 0.857 bits per heavy atom. The third kappa shape index (κ3) is 3.15. The summed E-state index contributed by atoms with van der Waals surface area (Å²) in [6, 6.07) is 13.6. The standard InChI is InChI=1S/C19H20F2/c1-13-2-3-17(12-19(13)21)16-6-4-14(5-7-16)15-8-10-18(20)11-9-15/h2-7,12,15,18H,8-11H2,1H3. The number of aryl methyl sites for hydroxylation is 1. The lowest BCUT2D eigenvalue weighted by atomic mass is 9.83. The van der Waals surface area contributed by atoms with E-state index in [2.05, 4.69) is 12.1 Å². The Morgan fingerprint density at radius 3 is 2.10 bits per heavy atom. The van der Waals surface area contributed by atoms with Crippen LogP contribution in [0.15, 0.2) is 42.5 Å². The van der Waals surface area contributed by atoms with Crippen molar-refractivity contribution in [3.8, 4) is 11.1 Å². The quantitative estimate of drug-likeness (QED) is 0.654. The zero-order valence-electron chi connectivity index (χ0n) is 12.3. The Hall–Kier alpha value is -1.70. The van der Waals surface area contributed by atoms with Crippen LogP contribution in [-0.2, 0) is 0 Å². The molecule has 0 unspecified atom stereocenters. The molecule has 0 heterocycles. The minimum atomic E-state index is -0.615. The first kappa shape index (κ1) is 14.2. The molecule has 1 aliphatic rings. The molecule has 0 aromatic heterocycles. The van der Waals surface area contributed by atoms with Crippen molar-refractivity contribution in [1.82, 2.24) is 0 Å². The number of benzene rings is 2. The lowest BCUT2D eigenvalue weighted by Gasteiger charge is -2.24. The van der Waals surface area contributed by atoms with Gasteiger partial charge in [-0.25, -0.2) is 8.78 Å². The first-order chi connectivity index (χ1) is 10.1. The van der Waals surface area contributed by atoms with Crippen LogP contribution in [0, 0.1) is 12.7 Å². The van der Waals surface area contributed by atoms with Crippen LogP contribution in [0.4, 0.5) is 8.78 Å². The van der Waals surface area contributed by atoms with Gasteiger partial charge >= 0.3 is 0 Å². The van der Waals surface area contributed by atoms with Gasteiger partial charge in [0.15, 0.2) is 0 Å². The summed E-state index contributed by atoms with van der Waals surface area (Å²) in [6.45, 7) is 1.77. The van der Waals surface area contributed by atoms with Gasteiger partial charge in [-0.05, 0) is 66.8 Å². The van der Waals surface area contributed by atoms with Gasteiger partial charge in [-0.1, -0.05) is 36.4 Å². The van der Waals surface area contributed by atoms with E-state index in [0.717, 1.165) is 24.0 Å². The molecule has 2 aromatic carbocycles. The topological polar surface area (TPSA) is 0 Å². The zero-order valence-corrected chi connectivity index (χ0v) is 12.3. The van der Waals surface area contributed by atoms with Crippen LogP contribution in [0.3, 0.4) is 0 Å². The second-order valence-corrected chi connectivity index (χ2v) is 6.03. The molecule has 110 valence electrons. The number of hydrogen-bond donors (Lipinski definition) is 0. The second-order valence-electron chi connectivity index (χ2n) is 6.03. The predicted molar refractivity (Wildman–Crippen MR) is 82.7 cm³/mol. The molecule has 0 radical (unpaired) electrons. The maximum atomic E-state index is 13.6. The number of hydrogen-bond acceptors (Lipinski definition) is 0. The predicted octanol–water partition coefficient (Wildman–Crippen LogP) is 5.80. The molecular weight excluding hydrogens is 266 g/mol. The molecule has 0 atom stereocenters. The Bertz CT molecular complexity index is 608. The SMILES string of the molecule is Cc1ccc(-c2ccc(C3CCC(F)CC3)cc2)cc1F. The van der Waals surface area contributed by atoms with Crippen molar-refractivity contribution < 1.29 is 8.78 Å². The van der Waals surface area contributed by atoms with Crippen molar-refractivity contribution in [3.05, 3.63) is 59.4 Å². The molecular formula is C19H20F2. The molecule has 0 N–H and O–H groups in total. The van der Waals surface area contributed by atoms with E-state index < -0.39 is 6.17 Å². The molecule has 0 amide bonds. The van der Waals surface area contributed by atoms with Gasteiger partial charge in [0.1, 0.15) is 12.0 Å². The van der Waals surface area contributed by atoms with E-state index in [-0.39, 0.29) is 5.82 Å². The average Bonchev–Trinajstić information content (AvgIpc) is 2.51. The zero-order chi connectivity index (χ0) is 14.8. The van der Waals surface area contributed by atoms with Crippen LogP contribution >= 0.6 is 0 Å². The Morgan fingerprint density at radius 2 is 1.48 bits per heavy atom. The van der Waals surface area contributed by atoms with Crippen molar-refractivity contribution in [2.45, 2.75) is 44.7 Å². The molecule has 21 heavy (non-hydrogen) atoms. The van der Waals surface area contributed by atoms with E-state index in [1.54, 1.807) is 19.1 Å². The van der Waals surface area contributed by atoms with Gasteiger partial charge in [0.25, 0.3) is 0 Å². The van der Waals surface area contributed by atoms with E-state index in [1.807, 2.05) is 18.2 Å². The van der Waals surface area contributed by atoms with Crippen molar-refractivity contribution in [1.29, 1.82) is 0 Å². The van der Waals surface area contributed by atoms with E-state index in [4.69, 9.17) is 0 Å². The minimum absolute atomic E-state index is 0.169. The molecule has 0 nitrogen and oxygen atoms in total. The largest absolute Gasteiger partial charge is 0.247 e. The highest BCUT2D eigenvalue weighted by Crippen LogP contribution is 2.35. The van der Waals surface area contributed by atoms with E-state index in [9.17, 15) is 8.78 Å². The van der Waals surface area contributed by atoms with E-state index >= 15 is 0 Å². The average molecular weight is 286 g/mol. The summed E-state index contributed by atoms with van der Waals surface area (Å²) in [5, 5.41) is 0. The van der Waals surface area contributed by atoms with Gasteiger partial charge in [0.05, 0.1) is 0 Å². The van der Waals surface area contributed by atoms with Gasteiger partial charge in [-0.3, -0.25) is 0 Å². The van der Waals surface area contributed by atoms with Gasteiger partial charge in [-0.15, -0.1) is 0 Å².